The topological polar surface area (TPSA) is 81.1 Å². The number of carbonyl (C=O) groups excluding carboxylic acids is 3. The van der Waals surface area contributed by atoms with Crippen molar-refractivity contribution in [3.63, 3.8) is 0 Å². The van der Waals surface area contributed by atoms with E-state index in [0.29, 0.717) is 18.4 Å². The predicted octanol–water partition coefficient (Wildman–Crippen LogP) is 0.906. The summed E-state index contributed by atoms with van der Waals surface area (Å²) in [6, 6.07) is 3.46. The Kier molecular flexibility index (Phi) is 2.85. The fourth-order valence-electron chi connectivity index (χ4n) is 2.71. The number of hydrogen-bond acceptors (Lipinski definition) is 4. The summed E-state index contributed by atoms with van der Waals surface area (Å²) in [6.45, 7) is 0. The van der Waals surface area contributed by atoms with E-state index in [9.17, 15) is 14.4 Å². The molecule has 0 spiro atoms. The molecule has 1 N–H and O–H groups in total. The van der Waals surface area contributed by atoms with Crippen LogP contribution >= 0.6 is 0 Å². The summed E-state index contributed by atoms with van der Waals surface area (Å²) in [6.07, 6.45) is 3.20. The van der Waals surface area contributed by atoms with E-state index in [1.165, 1.54) is 0 Å². The number of carbonyl (C=O) groups is 3. The summed E-state index contributed by atoms with van der Waals surface area (Å²) in [4.78, 5) is 34.3. The Labute approximate surface area is 114 Å². The van der Waals surface area contributed by atoms with Gasteiger partial charge < -0.3 is 0 Å². The SMILES string of the molecule is Cn1ncc2c(C=O)ccc(C3CCC(=O)NC3=O)c21. The van der Waals surface area contributed by atoms with Crippen LogP contribution in [-0.4, -0.2) is 27.9 Å². The van der Waals surface area contributed by atoms with E-state index < -0.39 is 0 Å². The fourth-order valence-corrected chi connectivity index (χ4v) is 2.71. The Bertz CT molecular complexity index is 733. The zero-order chi connectivity index (χ0) is 14.3. The summed E-state index contributed by atoms with van der Waals surface area (Å²) in [5.41, 5.74) is 2.11. The van der Waals surface area contributed by atoms with E-state index in [2.05, 4.69) is 10.4 Å². The van der Waals surface area contributed by atoms with Crippen LogP contribution in [0.5, 0.6) is 0 Å². The number of aldehydes is 1. The van der Waals surface area contributed by atoms with Gasteiger partial charge in [-0.25, -0.2) is 0 Å². The van der Waals surface area contributed by atoms with Crippen LogP contribution in [0.1, 0.15) is 34.7 Å². The number of imide groups is 1. The van der Waals surface area contributed by atoms with Crippen molar-refractivity contribution in [2.45, 2.75) is 18.8 Å². The first kappa shape index (κ1) is 12.5. The molecule has 2 aromatic rings. The Morgan fingerprint density at radius 1 is 1.40 bits per heavy atom. The zero-order valence-corrected chi connectivity index (χ0v) is 10.9. The second kappa shape index (κ2) is 4.56. The van der Waals surface area contributed by atoms with E-state index >= 15 is 0 Å². The molecule has 6 nitrogen and oxygen atoms in total. The molecule has 2 amide bonds. The highest BCUT2D eigenvalue weighted by molar-refractivity contribution is 6.04. The molecular weight excluding hydrogens is 258 g/mol. The Morgan fingerprint density at radius 3 is 2.90 bits per heavy atom. The maximum absolute atomic E-state index is 12.0. The number of piperidine rings is 1. The van der Waals surface area contributed by atoms with Crippen LogP contribution in [0.4, 0.5) is 0 Å². The predicted molar refractivity (Wildman–Crippen MR) is 71.2 cm³/mol. The van der Waals surface area contributed by atoms with Gasteiger partial charge in [-0.3, -0.25) is 24.4 Å². The molecule has 1 fully saturated rings. The molecule has 1 atom stereocenters. The molecule has 2 heterocycles. The van der Waals surface area contributed by atoms with Crippen molar-refractivity contribution >= 4 is 29.0 Å². The Morgan fingerprint density at radius 2 is 2.20 bits per heavy atom. The second-order valence-electron chi connectivity index (χ2n) is 4.90. The molecule has 0 bridgehead atoms. The quantitative estimate of drug-likeness (QED) is 0.650. The van der Waals surface area contributed by atoms with Gasteiger partial charge in [0.25, 0.3) is 0 Å². The lowest BCUT2D eigenvalue weighted by atomic mass is 9.88. The first-order valence-corrected chi connectivity index (χ1v) is 6.35. The van der Waals surface area contributed by atoms with E-state index in [1.807, 2.05) is 0 Å². The summed E-state index contributed by atoms with van der Waals surface area (Å²) >= 11 is 0. The normalized spacial score (nSPS) is 19.1. The molecule has 1 aliphatic heterocycles. The van der Waals surface area contributed by atoms with E-state index in [0.717, 1.165) is 22.8 Å². The molecule has 20 heavy (non-hydrogen) atoms. The van der Waals surface area contributed by atoms with Gasteiger partial charge in [0.15, 0.2) is 6.29 Å². The van der Waals surface area contributed by atoms with Gasteiger partial charge in [-0.05, 0) is 12.0 Å². The van der Waals surface area contributed by atoms with Gasteiger partial charge in [0.05, 0.1) is 17.6 Å². The number of nitrogens with zero attached hydrogens (tertiary/aromatic N) is 2. The molecule has 0 saturated carbocycles. The van der Waals surface area contributed by atoms with Crippen molar-refractivity contribution in [3.8, 4) is 0 Å². The smallest absolute Gasteiger partial charge is 0.234 e. The molecule has 1 aromatic heterocycles. The number of fused-ring (bicyclic) bond motifs is 1. The third kappa shape index (κ3) is 1.80. The third-order valence-electron chi connectivity index (χ3n) is 3.71. The largest absolute Gasteiger partial charge is 0.298 e. The lowest BCUT2D eigenvalue weighted by molar-refractivity contribution is -0.134. The van der Waals surface area contributed by atoms with Crippen LogP contribution in [0.15, 0.2) is 18.3 Å². The van der Waals surface area contributed by atoms with Crippen LogP contribution in [0.2, 0.25) is 0 Å². The fraction of sp³-hybridized carbons (Fsp3) is 0.286. The summed E-state index contributed by atoms with van der Waals surface area (Å²) in [7, 11) is 1.77. The standard InChI is InChI=1S/C14H13N3O3/c1-17-13-9(10-4-5-12(19)16-14(10)20)3-2-8(7-18)11(13)6-15-17/h2-3,6-7,10H,4-5H2,1H3,(H,16,19,20). The van der Waals surface area contributed by atoms with Gasteiger partial charge in [0.2, 0.25) is 11.8 Å². The van der Waals surface area contributed by atoms with Gasteiger partial charge in [0.1, 0.15) is 0 Å². The first-order chi connectivity index (χ1) is 9.61. The summed E-state index contributed by atoms with van der Waals surface area (Å²) in [5, 5.41) is 7.24. The van der Waals surface area contributed by atoms with Crippen LogP contribution in [-0.2, 0) is 16.6 Å². The van der Waals surface area contributed by atoms with Crippen LogP contribution < -0.4 is 5.32 Å². The highest BCUT2D eigenvalue weighted by atomic mass is 16.2. The monoisotopic (exact) mass is 271 g/mol. The van der Waals surface area contributed by atoms with Crippen molar-refractivity contribution in [1.29, 1.82) is 0 Å². The van der Waals surface area contributed by atoms with Crippen molar-refractivity contribution in [2.24, 2.45) is 7.05 Å². The zero-order valence-electron chi connectivity index (χ0n) is 10.9. The number of nitrogens with one attached hydrogen (secondary N) is 1. The minimum Gasteiger partial charge on any atom is -0.298 e. The molecule has 3 rings (SSSR count). The summed E-state index contributed by atoms with van der Waals surface area (Å²) < 4.78 is 1.65. The van der Waals surface area contributed by atoms with Gasteiger partial charge in [-0.2, -0.15) is 5.10 Å². The van der Waals surface area contributed by atoms with Crippen molar-refractivity contribution in [2.75, 3.05) is 0 Å². The Balaban J connectivity index is 2.17. The molecule has 1 unspecified atom stereocenters. The molecule has 0 aliphatic carbocycles. The minimum atomic E-state index is -0.383. The second-order valence-corrected chi connectivity index (χ2v) is 4.90. The van der Waals surface area contributed by atoms with E-state index in [1.54, 1.807) is 30.1 Å². The molecule has 1 saturated heterocycles. The average molecular weight is 271 g/mol. The lowest BCUT2D eigenvalue weighted by Gasteiger charge is -2.22. The van der Waals surface area contributed by atoms with Crippen molar-refractivity contribution in [1.82, 2.24) is 15.1 Å². The van der Waals surface area contributed by atoms with Crippen molar-refractivity contribution in [3.05, 3.63) is 29.5 Å². The molecule has 1 aromatic carbocycles. The molecule has 0 radical (unpaired) electrons. The van der Waals surface area contributed by atoms with Crippen LogP contribution in [0.25, 0.3) is 10.9 Å². The first-order valence-electron chi connectivity index (χ1n) is 6.35. The number of amides is 2. The number of aromatic nitrogens is 2. The number of rotatable bonds is 2. The lowest BCUT2D eigenvalue weighted by Crippen LogP contribution is -2.39. The molecular formula is C14H13N3O3. The van der Waals surface area contributed by atoms with Crippen LogP contribution in [0, 0.1) is 0 Å². The highest BCUT2D eigenvalue weighted by Crippen LogP contribution is 2.31. The maximum Gasteiger partial charge on any atom is 0.234 e. The van der Waals surface area contributed by atoms with E-state index in [-0.39, 0.29) is 17.7 Å². The van der Waals surface area contributed by atoms with E-state index in [4.69, 9.17) is 0 Å². The van der Waals surface area contributed by atoms with Gasteiger partial charge in [0, 0.05) is 24.4 Å². The average Bonchev–Trinajstić information content (AvgIpc) is 2.81. The van der Waals surface area contributed by atoms with Crippen LogP contribution in [0.3, 0.4) is 0 Å². The Hall–Kier alpha value is -2.50. The van der Waals surface area contributed by atoms with Gasteiger partial charge in [-0.15, -0.1) is 0 Å². The van der Waals surface area contributed by atoms with Crippen molar-refractivity contribution < 1.29 is 14.4 Å². The maximum atomic E-state index is 12.0. The summed E-state index contributed by atoms with van der Waals surface area (Å²) in [5.74, 6) is -0.911. The molecule has 1 aliphatic rings. The third-order valence-corrected chi connectivity index (χ3v) is 3.71. The number of benzene rings is 1. The van der Waals surface area contributed by atoms with Gasteiger partial charge in [-0.1, -0.05) is 12.1 Å². The molecule has 102 valence electrons. The molecule has 6 heteroatoms. The number of aryl methyl sites for hydroxylation is 1. The highest BCUT2D eigenvalue weighted by Gasteiger charge is 2.30. The van der Waals surface area contributed by atoms with Gasteiger partial charge >= 0.3 is 0 Å². The minimum absolute atomic E-state index is 0.239. The number of hydrogen-bond donors (Lipinski definition) is 1.